The Morgan fingerprint density at radius 3 is 2.29 bits per heavy atom. The zero-order valence-electron chi connectivity index (χ0n) is 25.3. The highest BCUT2D eigenvalue weighted by atomic mass is 28.4. The van der Waals surface area contributed by atoms with Crippen LogP contribution in [0.4, 0.5) is 8.78 Å². The number of esters is 1. The van der Waals surface area contributed by atoms with Crippen molar-refractivity contribution in [1.29, 1.82) is 0 Å². The van der Waals surface area contributed by atoms with Crippen molar-refractivity contribution in [2.75, 3.05) is 20.3 Å². The molecule has 0 N–H and O–H groups in total. The number of carbonyl (C=O) groups excluding carboxylic acids is 1. The second kappa shape index (κ2) is 12.6. The van der Waals surface area contributed by atoms with E-state index < -0.39 is 31.3 Å². The molecule has 0 spiro atoms. The number of benzene rings is 2. The monoisotopic (exact) mass is 583 g/mol. The van der Waals surface area contributed by atoms with Gasteiger partial charge in [0.1, 0.15) is 22.9 Å². The highest BCUT2D eigenvalue weighted by Gasteiger charge is 2.38. The number of halogens is 2. The summed E-state index contributed by atoms with van der Waals surface area (Å²) in [5, 5.41) is 0.231. The van der Waals surface area contributed by atoms with E-state index in [2.05, 4.69) is 59.6 Å². The summed E-state index contributed by atoms with van der Waals surface area (Å²) in [7, 11) is -0.642. The lowest BCUT2D eigenvalue weighted by atomic mass is 10.0. The molecule has 6 nitrogen and oxygen atoms in total. The van der Waals surface area contributed by atoms with Gasteiger partial charge in [0.25, 0.3) is 0 Å². The van der Waals surface area contributed by atoms with Gasteiger partial charge < -0.3 is 18.5 Å². The van der Waals surface area contributed by atoms with E-state index in [-0.39, 0.29) is 40.1 Å². The quantitative estimate of drug-likeness (QED) is 0.161. The summed E-state index contributed by atoms with van der Waals surface area (Å²) in [4.78, 5) is 26.5. The molecule has 0 bridgehead atoms. The van der Waals surface area contributed by atoms with E-state index in [1.165, 1.54) is 19.2 Å². The van der Waals surface area contributed by atoms with Gasteiger partial charge in [-0.1, -0.05) is 46.5 Å². The van der Waals surface area contributed by atoms with Crippen molar-refractivity contribution in [3.8, 4) is 17.6 Å². The second-order valence-corrected chi connectivity index (χ2v) is 16.6. The Bertz CT molecular complexity index is 1560. The number of pyridine rings is 1. The highest BCUT2D eigenvalue weighted by Crippen LogP contribution is 2.38. The largest absolute Gasteiger partial charge is 0.495 e. The third kappa shape index (κ3) is 7.06. The zero-order valence-corrected chi connectivity index (χ0v) is 26.3. The van der Waals surface area contributed by atoms with Crippen molar-refractivity contribution < 1.29 is 27.5 Å². The van der Waals surface area contributed by atoms with Crippen molar-refractivity contribution in [3.05, 3.63) is 75.1 Å². The number of nitrogens with zero attached hydrogens (tertiary/aromatic N) is 1. The molecule has 41 heavy (non-hydrogen) atoms. The minimum atomic E-state index is -2.11. The van der Waals surface area contributed by atoms with Crippen molar-refractivity contribution in [2.24, 2.45) is 5.92 Å². The minimum absolute atomic E-state index is 0.00296. The Labute approximate surface area is 241 Å². The molecule has 1 heterocycles. The number of carbonyl (C=O) groups is 1. The van der Waals surface area contributed by atoms with Crippen LogP contribution in [0.5, 0.6) is 5.75 Å². The molecule has 220 valence electrons. The fourth-order valence-corrected chi connectivity index (χ4v) is 5.12. The molecule has 3 rings (SSSR count). The van der Waals surface area contributed by atoms with Crippen molar-refractivity contribution >= 4 is 25.2 Å². The first-order chi connectivity index (χ1) is 19.1. The molecule has 0 aliphatic carbocycles. The lowest BCUT2D eigenvalue weighted by Gasteiger charge is -2.38. The number of aromatic nitrogens is 1. The fourth-order valence-electron chi connectivity index (χ4n) is 4.10. The van der Waals surface area contributed by atoms with Crippen molar-refractivity contribution in [3.63, 3.8) is 0 Å². The van der Waals surface area contributed by atoms with Gasteiger partial charge in [-0.15, -0.1) is 0 Å². The minimum Gasteiger partial charge on any atom is -0.495 e. The van der Waals surface area contributed by atoms with Gasteiger partial charge in [-0.25, -0.2) is 13.6 Å². The molecule has 0 unspecified atom stereocenters. The van der Waals surface area contributed by atoms with Gasteiger partial charge in [0, 0.05) is 23.7 Å². The first-order valence-electron chi connectivity index (χ1n) is 13.7. The maximum atomic E-state index is 14.2. The lowest BCUT2D eigenvalue weighted by molar-refractivity contribution is 0.0523. The fraction of sp³-hybridized carbons (Fsp3) is 0.438. The van der Waals surface area contributed by atoms with Gasteiger partial charge in [-0.3, -0.25) is 4.79 Å². The number of fused-ring (bicyclic) bond motifs is 1. The molecule has 0 amide bonds. The van der Waals surface area contributed by atoms with E-state index in [1.54, 1.807) is 19.2 Å². The van der Waals surface area contributed by atoms with Gasteiger partial charge in [-0.05, 0) is 49.2 Å². The van der Waals surface area contributed by atoms with Crippen LogP contribution in [-0.2, 0) is 9.16 Å². The van der Waals surface area contributed by atoms with Crippen LogP contribution in [0.25, 0.3) is 10.9 Å². The topological polar surface area (TPSA) is 66.8 Å². The van der Waals surface area contributed by atoms with Crippen LogP contribution in [0.2, 0.25) is 18.1 Å². The van der Waals surface area contributed by atoms with Gasteiger partial charge in [-0.2, -0.15) is 0 Å². The van der Waals surface area contributed by atoms with Crippen LogP contribution >= 0.6 is 0 Å². The average molecular weight is 584 g/mol. The first-order valence-corrected chi connectivity index (χ1v) is 16.6. The molecule has 0 radical (unpaired) electrons. The van der Waals surface area contributed by atoms with Crippen LogP contribution in [0.1, 0.15) is 69.1 Å². The Balaban J connectivity index is 2.28. The summed E-state index contributed by atoms with van der Waals surface area (Å²) >= 11 is 0. The molecule has 3 aromatic rings. The molecule has 0 saturated heterocycles. The number of ether oxygens (including phenoxy) is 2. The smallest absolute Gasteiger partial charge is 0.343 e. The van der Waals surface area contributed by atoms with Crippen molar-refractivity contribution in [1.82, 2.24) is 4.57 Å². The van der Waals surface area contributed by atoms with Gasteiger partial charge >= 0.3 is 5.97 Å². The Morgan fingerprint density at radius 2 is 1.73 bits per heavy atom. The van der Waals surface area contributed by atoms with Crippen LogP contribution in [-0.4, -0.2) is 39.2 Å². The maximum absolute atomic E-state index is 14.2. The first kappa shape index (κ1) is 32.0. The molecule has 0 aliphatic rings. The predicted molar refractivity (Wildman–Crippen MR) is 160 cm³/mol. The highest BCUT2D eigenvalue weighted by molar-refractivity contribution is 6.74. The van der Waals surface area contributed by atoms with E-state index in [0.717, 1.165) is 12.1 Å². The predicted octanol–water partition coefficient (Wildman–Crippen LogP) is 7.08. The zero-order chi connectivity index (χ0) is 30.7. The van der Waals surface area contributed by atoms with Crippen LogP contribution in [0.3, 0.4) is 0 Å². The van der Waals surface area contributed by atoms with Crippen LogP contribution < -0.4 is 10.2 Å². The van der Waals surface area contributed by atoms with E-state index >= 15 is 0 Å². The van der Waals surface area contributed by atoms with Crippen molar-refractivity contribution in [2.45, 2.75) is 65.7 Å². The van der Waals surface area contributed by atoms with Gasteiger partial charge in [0.05, 0.1) is 43.0 Å². The Kier molecular flexibility index (Phi) is 9.83. The van der Waals surface area contributed by atoms with Crippen LogP contribution in [0, 0.1) is 29.4 Å². The number of hydrogen-bond acceptors (Lipinski definition) is 5. The lowest BCUT2D eigenvalue weighted by Crippen LogP contribution is -2.42. The standard InChI is InChI=1S/C32H39F2NO5Si/c1-10-39-31(37)25-18-35(28(20(2)3)19-40-41(8,9)32(4,5)6)27-17-29(38-7)22(15-24(27)30(25)36)12-11-21-13-14-23(33)16-26(21)34/h13-18,20,28H,10,19H2,1-9H3/t28-/m1/s1. The second-order valence-electron chi connectivity index (χ2n) is 11.8. The summed E-state index contributed by atoms with van der Waals surface area (Å²) in [6, 6.07) is 6.12. The van der Waals surface area contributed by atoms with E-state index in [9.17, 15) is 18.4 Å². The molecule has 0 aliphatic heterocycles. The molecule has 2 aromatic carbocycles. The molecule has 1 atom stereocenters. The Morgan fingerprint density at radius 1 is 1.07 bits per heavy atom. The summed E-state index contributed by atoms with van der Waals surface area (Å²) in [5.41, 5.74) is 0.226. The summed E-state index contributed by atoms with van der Waals surface area (Å²) in [6.07, 6.45) is 1.54. The normalized spacial score (nSPS) is 12.7. The van der Waals surface area contributed by atoms with Gasteiger partial charge in [0.15, 0.2) is 8.32 Å². The summed E-state index contributed by atoms with van der Waals surface area (Å²) < 4.78 is 46.9. The third-order valence-electron chi connectivity index (χ3n) is 7.66. The molecule has 0 fully saturated rings. The molecular formula is C32H39F2NO5Si. The third-order valence-corrected chi connectivity index (χ3v) is 12.2. The van der Waals surface area contributed by atoms with Crippen LogP contribution in [0.15, 0.2) is 41.3 Å². The Hall–Kier alpha value is -3.48. The van der Waals surface area contributed by atoms with E-state index in [0.29, 0.717) is 23.4 Å². The molecule has 1 aromatic heterocycles. The number of methoxy groups -OCH3 is 1. The molecule has 0 saturated carbocycles. The average Bonchev–Trinajstić information content (AvgIpc) is 2.88. The molecular weight excluding hydrogens is 544 g/mol. The number of rotatable bonds is 8. The van der Waals surface area contributed by atoms with Gasteiger partial charge in [0.2, 0.25) is 5.43 Å². The summed E-state index contributed by atoms with van der Waals surface area (Å²) in [5.74, 6) is 3.74. The number of hydrogen-bond donors (Lipinski definition) is 0. The van der Waals surface area contributed by atoms with E-state index in [1.807, 2.05) is 4.57 Å². The maximum Gasteiger partial charge on any atom is 0.343 e. The summed E-state index contributed by atoms with van der Waals surface area (Å²) in [6.45, 7) is 17.1. The van der Waals surface area contributed by atoms with E-state index in [4.69, 9.17) is 13.9 Å². The SMILES string of the molecule is CCOC(=O)c1cn([C@H](CO[Si](C)(C)C(C)(C)C)C(C)C)c2cc(OC)c(C#Cc3ccc(F)cc3F)cc2c1=O. The molecule has 9 heteroatoms.